The molecule has 1 saturated carbocycles. The van der Waals surface area contributed by atoms with Crippen molar-refractivity contribution >= 4 is 10.8 Å². The molecule has 1 aliphatic carbocycles. The van der Waals surface area contributed by atoms with Crippen LogP contribution in [0.5, 0.6) is 5.75 Å². The van der Waals surface area contributed by atoms with Gasteiger partial charge in [-0.05, 0) is 53.3 Å². The molecule has 106 valence electrons. The molecule has 2 nitrogen and oxygen atoms in total. The minimum absolute atomic E-state index is 0.182. The molecule has 1 unspecified atom stereocenters. The van der Waals surface area contributed by atoms with E-state index in [-0.39, 0.29) is 6.04 Å². The molecule has 20 heavy (non-hydrogen) atoms. The molecule has 2 N–H and O–H groups in total. The van der Waals surface area contributed by atoms with Gasteiger partial charge >= 0.3 is 0 Å². The van der Waals surface area contributed by atoms with Crippen LogP contribution in [0.25, 0.3) is 10.8 Å². The summed E-state index contributed by atoms with van der Waals surface area (Å²) in [7, 11) is 1.70. The van der Waals surface area contributed by atoms with E-state index in [0.717, 1.165) is 5.75 Å². The first kappa shape index (κ1) is 13.4. The van der Waals surface area contributed by atoms with E-state index >= 15 is 0 Å². The van der Waals surface area contributed by atoms with Crippen LogP contribution in [0.4, 0.5) is 0 Å². The fraction of sp³-hybridized carbons (Fsp3) is 0.444. The van der Waals surface area contributed by atoms with E-state index in [9.17, 15) is 0 Å². The number of nitrogens with two attached hydrogens (primary N) is 1. The summed E-state index contributed by atoms with van der Waals surface area (Å²) in [4.78, 5) is 0. The average Bonchev–Trinajstić information content (AvgIpc) is 2.54. The Morgan fingerprint density at radius 3 is 2.45 bits per heavy atom. The second-order valence-corrected chi connectivity index (χ2v) is 5.90. The molecule has 2 aromatic carbocycles. The number of hydrogen-bond donors (Lipinski definition) is 1. The Bertz CT molecular complexity index is 587. The van der Waals surface area contributed by atoms with Gasteiger partial charge in [0.05, 0.1) is 7.11 Å². The standard InChI is InChI=1S/C18H23NO/c1-20-17-10-9-14-11-16(8-7-15(14)12-17)18(19)13-5-3-2-4-6-13/h7-13,18H,2-6,19H2,1H3. The molecule has 1 fully saturated rings. The molecule has 0 aliphatic heterocycles. The first-order valence-electron chi connectivity index (χ1n) is 7.61. The van der Waals surface area contributed by atoms with Gasteiger partial charge in [0.2, 0.25) is 0 Å². The zero-order chi connectivity index (χ0) is 13.9. The fourth-order valence-corrected chi connectivity index (χ4v) is 3.34. The maximum Gasteiger partial charge on any atom is 0.119 e. The van der Waals surface area contributed by atoms with Crippen molar-refractivity contribution in [2.45, 2.75) is 38.1 Å². The number of rotatable bonds is 3. The minimum atomic E-state index is 0.182. The van der Waals surface area contributed by atoms with E-state index < -0.39 is 0 Å². The third-order valence-electron chi connectivity index (χ3n) is 4.61. The largest absolute Gasteiger partial charge is 0.497 e. The number of benzene rings is 2. The van der Waals surface area contributed by atoms with Crippen LogP contribution >= 0.6 is 0 Å². The lowest BCUT2D eigenvalue weighted by atomic mass is 9.81. The van der Waals surface area contributed by atoms with Crippen LogP contribution in [0.3, 0.4) is 0 Å². The summed E-state index contributed by atoms with van der Waals surface area (Å²) < 4.78 is 5.27. The van der Waals surface area contributed by atoms with Crippen LogP contribution in [0.15, 0.2) is 36.4 Å². The molecule has 0 radical (unpaired) electrons. The molecule has 0 spiro atoms. The van der Waals surface area contributed by atoms with Crippen molar-refractivity contribution in [3.05, 3.63) is 42.0 Å². The first-order chi connectivity index (χ1) is 9.78. The Morgan fingerprint density at radius 2 is 1.70 bits per heavy atom. The highest BCUT2D eigenvalue weighted by Gasteiger charge is 2.21. The third kappa shape index (κ3) is 2.66. The van der Waals surface area contributed by atoms with Gasteiger partial charge in [0, 0.05) is 6.04 Å². The predicted molar refractivity (Wildman–Crippen MR) is 84.0 cm³/mol. The van der Waals surface area contributed by atoms with Gasteiger partial charge in [0.25, 0.3) is 0 Å². The molecular formula is C18H23NO. The van der Waals surface area contributed by atoms with Gasteiger partial charge in [-0.3, -0.25) is 0 Å². The van der Waals surface area contributed by atoms with Gasteiger partial charge < -0.3 is 10.5 Å². The molecule has 0 bridgehead atoms. The number of hydrogen-bond acceptors (Lipinski definition) is 2. The zero-order valence-electron chi connectivity index (χ0n) is 12.1. The van der Waals surface area contributed by atoms with E-state index in [1.807, 2.05) is 6.07 Å². The molecule has 2 heteroatoms. The summed E-state index contributed by atoms with van der Waals surface area (Å²) in [5.41, 5.74) is 7.76. The van der Waals surface area contributed by atoms with Gasteiger partial charge in [-0.15, -0.1) is 0 Å². The quantitative estimate of drug-likeness (QED) is 0.894. The van der Waals surface area contributed by atoms with Crippen molar-refractivity contribution in [1.82, 2.24) is 0 Å². The van der Waals surface area contributed by atoms with Crippen molar-refractivity contribution in [1.29, 1.82) is 0 Å². The Kier molecular flexibility index (Phi) is 3.93. The summed E-state index contributed by atoms with van der Waals surface area (Å²) in [6.07, 6.45) is 6.61. The lowest BCUT2D eigenvalue weighted by molar-refractivity contribution is 0.308. The molecule has 0 aromatic heterocycles. The lowest BCUT2D eigenvalue weighted by Gasteiger charge is -2.28. The minimum Gasteiger partial charge on any atom is -0.497 e. The van der Waals surface area contributed by atoms with Gasteiger partial charge in [0.1, 0.15) is 5.75 Å². The lowest BCUT2D eigenvalue weighted by Crippen LogP contribution is -2.23. The maximum atomic E-state index is 6.49. The van der Waals surface area contributed by atoms with E-state index in [0.29, 0.717) is 5.92 Å². The summed E-state index contributed by atoms with van der Waals surface area (Å²) in [5, 5.41) is 2.46. The van der Waals surface area contributed by atoms with Gasteiger partial charge in [-0.25, -0.2) is 0 Å². The van der Waals surface area contributed by atoms with Crippen LogP contribution in [0.1, 0.15) is 43.7 Å². The second-order valence-electron chi connectivity index (χ2n) is 5.90. The smallest absolute Gasteiger partial charge is 0.119 e. The highest BCUT2D eigenvalue weighted by Crippen LogP contribution is 2.34. The van der Waals surface area contributed by atoms with Crippen molar-refractivity contribution in [2.75, 3.05) is 7.11 Å². The van der Waals surface area contributed by atoms with Crippen molar-refractivity contribution in [3.63, 3.8) is 0 Å². The highest BCUT2D eigenvalue weighted by atomic mass is 16.5. The van der Waals surface area contributed by atoms with Crippen molar-refractivity contribution in [2.24, 2.45) is 11.7 Å². The Balaban J connectivity index is 1.88. The number of methoxy groups -OCH3 is 1. The Hall–Kier alpha value is -1.54. The van der Waals surface area contributed by atoms with E-state index in [2.05, 4.69) is 30.3 Å². The SMILES string of the molecule is COc1ccc2cc(C(N)C3CCCCC3)ccc2c1. The van der Waals surface area contributed by atoms with Gasteiger partial charge in [0.15, 0.2) is 0 Å². The van der Waals surface area contributed by atoms with Gasteiger partial charge in [-0.2, -0.15) is 0 Å². The van der Waals surface area contributed by atoms with Crippen LogP contribution in [0, 0.1) is 5.92 Å². The molecule has 3 rings (SSSR count). The Labute approximate surface area is 120 Å². The van der Waals surface area contributed by atoms with E-state index in [4.69, 9.17) is 10.5 Å². The molecule has 2 aromatic rings. The van der Waals surface area contributed by atoms with E-state index in [1.54, 1.807) is 7.11 Å². The number of fused-ring (bicyclic) bond motifs is 1. The zero-order valence-corrected chi connectivity index (χ0v) is 12.1. The van der Waals surface area contributed by atoms with Crippen molar-refractivity contribution < 1.29 is 4.74 Å². The second kappa shape index (κ2) is 5.84. The van der Waals surface area contributed by atoms with E-state index in [1.165, 1.54) is 48.4 Å². The highest BCUT2D eigenvalue weighted by molar-refractivity contribution is 5.84. The monoisotopic (exact) mass is 269 g/mol. The molecule has 0 saturated heterocycles. The molecule has 0 heterocycles. The topological polar surface area (TPSA) is 35.2 Å². The summed E-state index contributed by atoms with van der Waals surface area (Å²) in [5.74, 6) is 1.56. The average molecular weight is 269 g/mol. The van der Waals surface area contributed by atoms with Crippen LogP contribution in [0.2, 0.25) is 0 Å². The van der Waals surface area contributed by atoms with Crippen LogP contribution < -0.4 is 10.5 Å². The number of ether oxygens (including phenoxy) is 1. The molecule has 1 aliphatic rings. The molecular weight excluding hydrogens is 246 g/mol. The summed E-state index contributed by atoms with van der Waals surface area (Å²) >= 11 is 0. The Morgan fingerprint density at radius 1 is 1.00 bits per heavy atom. The normalized spacial score (nSPS) is 18.1. The van der Waals surface area contributed by atoms with Gasteiger partial charge in [-0.1, -0.05) is 37.5 Å². The summed E-state index contributed by atoms with van der Waals surface area (Å²) in [6.45, 7) is 0. The molecule has 0 amide bonds. The van der Waals surface area contributed by atoms with Crippen LogP contribution in [-0.4, -0.2) is 7.11 Å². The molecule has 1 atom stereocenters. The first-order valence-corrected chi connectivity index (χ1v) is 7.61. The predicted octanol–water partition coefficient (Wildman–Crippen LogP) is 4.43. The third-order valence-corrected chi connectivity index (χ3v) is 4.61. The van der Waals surface area contributed by atoms with Crippen LogP contribution in [-0.2, 0) is 0 Å². The summed E-state index contributed by atoms with van der Waals surface area (Å²) in [6, 6.07) is 13.0. The van der Waals surface area contributed by atoms with Crippen molar-refractivity contribution in [3.8, 4) is 5.75 Å². The maximum absolute atomic E-state index is 6.49. The fourth-order valence-electron chi connectivity index (χ4n) is 3.34.